The molecule has 19 heavy (non-hydrogen) atoms. The Hall–Kier alpha value is -1.40. The van der Waals surface area contributed by atoms with Gasteiger partial charge in [-0.15, -0.1) is 0 Å². The third-order valence-electron chi connectivity index (χ3n) is 3.37. The van der Waals surface area contributed by atoms with Gasteiger partial charge in [0.05, 0.1) is 0 Å². The van der Waals surface area contributed by atoms with Gasteiger partial charge in [0.15, 0.2) is 0 Å². The van der Waals surface area contributed by atoms with E-state index < -0.39 is 0 Å². The van der Waals surface area contributed by atoms with Crippen LogP contribution in [0.1, 0.15) is 32.0 Å². The van der Waals surface area contributed by atoms with Gasteiger partial charge in [-0.3, -0.25) is 0 Å². The van der Waals surface area contributed by atoms with Gasteiger partial charge in [0.1, 0.15) is 17.5 Å². The van der Waals surface area contributed by atoms with Gasteiger partial charge in [-0.1, -0.05) is 6.92 Å². The lowest BCUT2D eigenvalue weighted by atomic mass is 10.1. The fourth-order valence-corrected chi connectivity index (χ4v) is 2.47. The smallest absolute Gasteiger partial charge is 0.145 e. The zero-order chi connectivity index (χ0) is 13.7. The number of hydrazine groups is 1. The number of nitrogens with two attached hydrogens (primary N) is 1. The van der Waals surface area contributed by atoms with Gasteiger partial charge in [-0.05, 0) is 32.9 Å². The molecule has 0 radical (unpaired) electrons. The van der Waals surface area contributed by atoms with Crippen LogP contribution in [0, 0.1) is 0 Å². The molecule has 1 aliphatic rings. The van der Waals surface area contributed by atoms with E-state index in [0.29, 0.717) is 11.9 Å². The van der Waals surface area contributed by atoms with Crippen LogP contribution in [-0.4, -0.2) is 41.0 Å². The van der Waals surface area contributed by atoms with Gasteiger partial charge in [0.2, 0.25) is 0 Å². The third-order valence-corrected chi connectivity index (χ3v) is 3.37. The summed E-state index contributed by atoms with van der Waals surface area (Å²) in [6.07, 6.45) is 4.31. The van der Waals surface area contributed by atoms with E-state index in [9.17, 15) is 0 Å². The normalized spacial score (nSPS) is 20.3. The van der Waals surface area contributed by atoms with Crippen LogP contribution in [0.25, 0.3) is 0 Å². The topological polar surface area (TPSA) is 79.1 Å². The first-order valence-corrected chi connectivity index (χ1v) is 7.01. The zero-order valence-corrected chi connectivity index (χ0v) is 11.8. The van der Waals surface area contributed by atoms with E-state index in [2.05, 4.69) is 39.6 Å². The second-order valence-electron chi connectivity index (χ2n) is 5.19. The molecule has 0 aromatic carbocycles. The molecule has 106 valence electrons. The molecule has 6 nitrogen and oxygen atoms in total. The summed E-state index contributed by atoms with van der Waals surface area (Å²) in [5.74, 6) is 7.84. The van der Waals surface area contributed by atoms with Crippen LogP contribution in [0.4, 0.5) is 11.6 Å². The number of aromatic nitrogens is 2. The minimum Gasteiger partial charge on any atom is -0.366 e. The molecule has 0 bridgehead atoms. The molecule has 2 heterocycles. The molecule has 1 fully saturated rings. The number of nitrogens with zero attached hydrogens (tertiary/aromatic N) is 3. The second kappa shape index (κ2) is 6.68. The molecular weight excluding hydrogens is 240 g/mol. The summed E-state index contributed by atoms with van der Waals surface area (Å²) in [4.78, 5) is 11.3. The standard InChI is InChI=1S/C13H24N6/c1-3-5-11-16-12(8-13(17-11)18-14)15-10-6-4-7-19(2)9-10/h8,10H,3-7,9,14H2,1-2H3,(H2,15,16,17,18). The molecule has 1 aliphatic heterocycles. The summed E-state index contributed by atoms with van der Waals surface area (Å²) in [5.41, 5.74) is 2.61. The number of anilines is 2. The van der Waals surface area contributed by atoms with Crippen LogP contribution < -0.4 is 16.6 Å². The van der Waals surface area contributed by atoms with Crippen LogP contribution in [0.2, 0.25) is 0 Å². The number of nitrogen functional groups attached to an aromatic ring is 1. The molecule has 1 unspecified atom stereocenters. The Balaban J connectivity index is 2.07. The highest BCUT2D eigenvalue weighted by Gasteiger charge is 2.17. The molecule has 4 N–H and O–H groups in total. The largest absolute Gasteiger partial charge is 0.366 e. The highest BCUT2D eigenvalue weighted by Crippen LogP contribution is 2.16. The molecule has 1 aromatic heterocycles. The van der Waals surface area contributed by atoms with Gasteiger partial charge in [-0.2, -0.15) is 0 Å². The van der Waals surface area contributed by atoms with Crippen molar-refractivity contribution in [3.05, 3.63) is 11.9 Å². The van der Waals surface area contributed by atoms with E-state index in [1.165, 1.54) is 19.4 Å². The number of nitrogens with one attached hydrogen (secondary N) is 2. The van der Waals surface area contributed by atoms with E-state index in [4.69, 9.17) is 5.84 Å². The van der Waals surface area contributed by atoms with Crippen molar-refractivity contribution in [2.45, 2.75) is 38.6 Å². The zero-order valence-electron chi connectivity index (χ0n) is 11.8. The van der Waals surface area contributed by atoms with E-state index in [1.54, 1.807) is 0 Å². The first-order valence-electron chi connectivity index (χ1n) is 7.01. The van der Waals surface area contributed by atoms with E-state index >= 15 is 0 Å². The molecule has 1 saturated heterocycles. The van der Waals surface area contributed by atoms with Crippen LogP contribution >= 0.6 is 0 Å². The fourth-order valence-electron chi connectivity index (χ4n) is 2.47. The van der Waals surface area contributed by atoms with Gasteiger partial charge in [-0.25, -0.2) is 15.8 Å². The Morgan fingerprint density at radius 2 is 2.21 bits per heavy atom. The van der Waals surface area contributed by atoms with Gasteiger partial charge < -0.3 is 15.6 Å². The van der Waals surface area contributed by atoms with Gasteiger partial charge in [0, 0.05) is 25.1 Å². The third kappa shape index (κ3) is 4.04. The minimum atomic E-state index is 0.453. The maximum atomic E-state index is 5.46. The average molecular weight is 264 g/mol. The molecular formula is C13H24N6. The first kappa shape index (κ1) is 14.0. The Labute approximate surface area is 114 Å². The SMILES string of the molecule is CCCc1nc(NN)cc(NC2CCCN(C)C2)n1. The number of aryl methyl sites for hydroxylation is 1. The highest BCUT2D eigenvalue weighted by molar-refractivity contribution is 5.47. The van der Waals surface area contributed by atoms with Crippen molar-refractivity contribution in [3.63, 3.8) is 0 Å². The lowest BCUT2D eigenvalue weighted by Crippen LogP contribution is -2.40. The predicted octanol–water partition coefficient (Wildman–Crippen LogP) is 1.22. The van der Waals surface area contributed by atoms with Crippen LogP contribution in [0.15, 0.2) is 6.07 Å². The number of piperidine rings is 1. The lowest BCUT2D eigenvalue weighted by Gasteiger charge is -2.30. The molecule has 0 aliphatic carbocycles. The monoisotopic (exact) mass is 264 g/mol. The van der Waals surface area contributed by atoms with E-state index in [1.807, 2.05) is 6.07 Å². The van der Waals surface area contributed by atoms with Crippen molar-refractivity contribution in [2.75, 3.05) is 30.9 Å². The maximum absolute atomic E-state index is 5.46. The van der Waals surface area contributed by atoms with Gasteiger partial charge >= 0.3 is 0 Å². The number of hydrogen-bond acceptors (Lipinski definition) is 6. The molecule has 0 spiro atoms. The molecule has 1 aromatic rings. The van der Waals surface area contributed by atoms with Crippen molar-refractivity contribution in [2.24, 2.45) is 5.84 Å². The Kier molecular flexibility index (Phi) is 4.93. The Morgan fingerprint density at radius 3 is 2.89 bits per heavy atom. The van der Waals surface area contributed by atoms with Crippen molar-refractivity contribution < 1.29 is 0 Å². The van der Waals surface area contributed by atoms with Crippen LogP contribution in [-0.2, 0) is 6.42 Å². The van der Waals surface area contributed by atoms with E-state index in [0.717, 1.165) is 31.0 Å². The van der Waals surface area contributed by atoms with Crippen LogP contribution in [0.5, 0.6) is 0 Å². The van der Waals surface area contributed by atoms with Crippen molar-refractivity contribution in [1.29, 1.82) is 0 Å². The van der Waals surface area contributed by atoms with E-state index in [-0.39, 0.29) is 0 Å². The molecule has 6 heteroatoms. The highest BCUT2D eigenvalue weighted by atomic mass is 15.3. The summed E-state index contributed by atoms with van der Waals surface area (Å²) in [7, 11) is 2.16. The molecule has 0 saturated carbocycles. The Bertz CT molecular complexity index is 408. The summed E-state index contributed by atoms with van der Waals surface area (Å²) in [5, 5.41) is 3.50. The summed E-state index contributed by atoms with van der Waals surface area (Å²) in [6.45, 7) is 4.35. The summed E-state index contributed by atoms with van der Waals surface area (Å²) < 4.78 is 0. The van der Waals surface area contributed by atoms with Crippen molar-refractivity contribution in [1.82, 2.24) is 14.9 Å². The maximum Gasteiger partial charge on any atom is 0.145 e. The molecule has 0 amide bonds. The summed E-state index contributed by atoms with van der Waals surface area (Å²) >= 11 is 0. The number of likely N-dealkylation sites (N-methyl/N-ethyl adjacent to an activating group) is 1. The average Bonchev–Trinajstić information content (AvgIpc) is 2.39. The number of likely N-dealkylation sites (tertiary alicyclic amines) is 1. The summed E-state index contributed by atoms with van der Waals surface area (Å²) in [6, 6.07) is 2.32. The molecule has 1 atom stereocenters. The number of rotatable bonds is 5. The van der Waals surface area contributed by atoms with Crippen LogP contribution in [0.3, 0.4) is 0 Å². The number of hydrogen-bond donors (Lipinski definition) is 3. The van der Waals surface area contributed by atoms with Crippen molar-refractivity contribution >= 4 is 11.6 Å². The quantitative estimate of drug-likeness (QED) is 0.548. The first-order chi connectivity index (χ1) is 9.21. The predicted molar refractivity (Wildman–Crippen MR) is 78.0 cm³/mol. The Morgan fingerprint density at radius 1 is 1.42 bits per heavy atom. The second-order valence-corrected chi connectivity index (χ2v) is 5.19. The van der Waals surface area contributed by atoms with Crippen molar-refractivity contribution in [3.8, 4) is 0 Å². The fraction of sp³-hybridized carbons (Fsp3) is 0.692. The lowest BCUT2D eigenvalue weighted by molar-refractivity contribution is 0.260. The van der Waals surface area contributed by atoms with Gasteiger partial charge in [0.25, 0.3) is 0 Å². The molecule has 2 rings (SSSR count). The minimum absolute atomic E-state index is 0.453.